The zero-order valence-corrected chi connectivity index (χ0v) is 30.8. The average molecular weight is 920 g/mol. The number of fused-ring (bicyclic) bond motifs is 2. The fourth-order valence-electron chi connectivity index (χ4n) is 4.16. The molecule has 6 aromatic rings. The summed E-state index contributed by atoms with van der Waals surface area (Å²) in [4.78, 5) is 53.4. The summed E-state index contributed by atoms with van der Waals surface area (Å²) in [6.07, 6.45) is 3.08. The van der Waals surface area contributed by atoms with Crippen LogP contribution in [0, 0.1) is 23.3 Å². The molecule has 0 saturated heterocycles. The number of halogens is 8. The molecule has 4 aromatic heterocycles. The average Bonchev–Trinajstić information content (AvgIpc) is 3.07. The van der Waals surface area contributed by atoms with Gasteiger partial charge >= 0.3 is 22.5 Å². The zero-order valence-electron chi connectivity index (χ0n) is 24.4. The van der Waals surface area contributed by atoms with Crippen LogP contribution in [0.15, 0.2) is 82.0 Å². The van der Waals surface area contributed by atoms with E-state index in [1.54, 1.807) is 36.7 Å². The number of Topliss-reactive ketones (excluding diaryl/α,β-unsaturated/α-hetero) is 3. The number of ketones is 3. The number of nitrogens with zero attached hydrogens (tertiary/aromatic N) is 4. The van der Waals surface area contributed by atoms with Crippen molar-refractivity contribution >= 4 is 109 Å². The number of benzene rings is 2. The molecule has 0 aliphatic carbocycles. The maximum atomic E-state index is 13.8. The van der Waals surface area contributed by atoms with Gasteiger partial charge in [-0.05, 0) is 80.4 Å². The summed E-state index contributed by atoms with van der Waals surface area (Å²) < 4.78 is 72.1. The van der Waals surface area contributed by atoms with Crippen LogP contribution in [0.4, 0.5) is 17.6 Å². The fourth-order valence-corrected chi connectivity index (χ4v) is 5.13. The van der Waals surface area contributed by atoms with Gasteiger partial charge < -0.3 is 0 Å². The molecule has 4 heterocycles. The standard InChI is InChI=1S/C16H6BrClF2N2O2.C16H8BrClF2N2O.O2Se/c17-7-3-14-12(21-6-7)1-2-13(22-14)16(24)15(23)8-4-9(18)11(20)5-10(8)19;17-8-3-15-14(21-7-8)2-1-9(22-15)4-16(23)10-5-11(18)13(20)6-12(10)19;1-3-2/h1-6H;1-3,5-7H,4H2;. The van der Waals surface area contributed by atoms with Gasteiger partial charge in [0.25, 0.3) is 5.78 Å². The van der Waals surface area contributed by atoms with E-state index >= 15 is 0 Å². The van der Waals surface area contributed by atoms with Gasteiger partial charge in [-0.25, -0.2) is 22.5 Å². The summed E-state index contributed by atoms with van der Waals surface area (Å²) in [7, 11) is 0. The van der Waals surface area contributed by atoms with Crippen LogP contribution >= 0.6 is 55.1 Å². The van der Waals surface area contributed by atoms with Gasteiger partial charge in [-0.3, -0.25) is 29.3 Å². The fraction of sp³-hybridized carbons (Fsp3) is 0.0312. The van der Waals surface area contributed by atoms with Gasteiger partial charge in [0, 0.05) is 39.2 Å². The van der Waals surface area contributed by atoms with E-state index in [-0.39, 0.29) is 22.7 Å². The van der Waals surface area contributed by atoms with Crippen LogP contribution in [-0.4, -0.2) is 52.1 Å². The van der Waals surface area contributed by atoms with Crippen LogP contribution < -0.4 is 0 Å². The van der Waals surface area contributed by atoms with Crippen molar-refractivity contribution < 1.29 is 39.6 Å². The van der Waals surface area contributed by atoms with Gasteiger partial charge in [-0.1, -0.05) is 23.2 Å². The van der Waals surface area contributed by atoms with Crippen molar-refractivity contribution in [2.24, 2.45) is 0 Å². The molecule has 0 fully saturated rings. The Hall–Kier alpha value is -4.05. The van der Waals surface area contributed by atoms with Crippen molar-refractivity contribution in [1.29, 1.82) is 0 Å². The first-order chi connectivity index (χ1) is 23.7. The Morgan fingerprint density at radius 3 is 1.66 bits per heavy atom. The van der Waals surface area contributed by atoms with Crippen molar-refractivity contribution in [2.75, 3.05) is 0 Å². The molecular formula is C32H14Br2Cl2F4N4O5Se. The first kappa shape index (κ1) is 38.7. The molecule has 2 aromatic carbocycles. The molecule has 6 rings (SSSR count). The van der Waals surface area contributed by atoms with E-state index < -0.39 is 66.0 Å². The van der Waals surface area contributed by atoms with Crippen LogP contribution in [0.5, 0.6) is 0 Å². The molecule has 18 heteroatoms. The Morgan fingerprint density at radius 1 is 0.620 bits per heavy atom. The molecule has 0 amide bonds. The van der Waals surface area contributed by atoms with E-state index in [2.05, 4.69) is 51.8 Å². The Balaban J connectivity index is 0.000000209. The second-order valence-corrected chi connectivity index (χ2v) is 12.6. The summed E-state index contributed by atoms with van der Waals surface area (Å²) in [5.74, 6) is -6.75. The Labute approximate surface area is 311 Å². The quantitative estimate of drug-likeness (QED) is 0.0530. The summed E-state index contributed by atoms with van der Waals surface area (Å²) in [6.45, 7) is 0. The number of carbonyl (C=O) groups is 3. The third kappa shape index (κ3) is 9.59. The van der Waals surface area contributed by atoms with E-state index in [0.29, 0.717) is 44.4 Å². The van der Waals surface area contributed by atoms with Crippen LogP contribution in [0.2, 0.25) is 10.0 Å². The van der Waals surface area contributed by atoms with Crippen LogP contribution in [0.3, 0.4) is 0 Å². The van der Waals surface area contributed by atoms with E-state index in [4.69, 9.17) is 30.9 Å². The number of hydrogen-bond acceptors (Lipinski definition) is 9. The van der Waals surface area contributed by atoms with Crippen molar-refractivity contribution in [3.63, 3.8) is 0 Å². The topological polar surface area (TPSA) is 137 Å². The normalized spacial score (nSPS) is 10.5. The Morgan fingerprint density at radius 2 is 1.10 bits per heavy atom. The van der Waals surface area contributed by atoms with Gasteiger partial charge in [0.2, 0.25) is 5.78 Å². The second-order valence-electron chi connectivity index (χ2n) is 9.70. The van der Waals surface area contributed by atoms with Crippen molar-refractivity contribution in [1.82, 2.24) is 19.9 Å². The van der Waals surface area contributed by atoms with Crippen LogP contribution in [0.25, 0.3) is 22.1 Å². The van der Waals surface area contributed by atoms with Crippen molar-refractivity contribution in [2.45, 2.75) is 6.42 Å². The predicted octanol–water partition coefficient (Wildman–Crippen LogP) is 8.52. The molecule has 50 heavy (non-hydrogen) atoms. The summed E-state index contributed by atoms with van der Waals surface area (Å²) in [6, 6.07) is 12.4. The van der Waals surface area contributed by atoms with E-state index in [1.165, 1.54) is 12.1 Å². The van der Waals surface area contributed by atoms with Gasteiger partial charge in [0.05, 0.1) is 49.7 Å². The molecule has 0 aliphatic heterocycles. The first-order valence-electron chi connectivity index (χ1n) is 13.4. The van der Waals surface area contributed by atoms with Crippen LogP contribution in [-0.2, 0) is 14.1 Å². The molecule has 0 aliphatic rings. The zero-order chi connectivity index (χ0) is 36.7. The number of pyridine rings is 4. The second kappa shape index (κ2) is 17.2. The van der Waals surface area contributed by atoms with Gasteiger partial charge in [-0.2, -0.15) is 0 Å². The molecule has 0 bridgehead atoms. The summed E-state index contributed by atoms with van der Waals surface area (Å²) in [5, 5.41) is -0.749. The van der Waals surface area contributed by atoms with Crippen LogP contribution in [0.1, 0.15) is 36.9 Å². The molecular weight excluding hydrogens is 906 g/mol. The SMILES string of the molecule is O=C(C(=O)c1cc(Cl)c(F)cc1F)c1ccc2ncc(Br)cc2n1.O=C(Cc1ccc2ncc(Br)cc2n1)c1cc(Cl)c(F)cc1F.O=[Se]=O. The molecule has 0 unspecified atom stereocenters. The van der Waals surface area contributed by atoms with E-state index in [9.17, 15) is 31.9 Å². The maximum absolute atomic E-state index is 13.8. The number of hydrogen-bond donors (Lipinski definition) is 0. The predicted molar refractivity (Wildman–Crippen MR) is 181 cm³/mol. The molecule has 254 valence electrons. The minimum atomic E-state index is -1.62. The molecule has 0 radical (unpaired) electrons. The first-order valence-corrected chi connectivity index (χ1v) is 17.1. The molecule has 9 nitrogen and oxygen atoms in total. The molecule has 0 spiro atoms. The van der Waals surface area contributed by atoms with Gasteiger partial charge in [0.15, 0.2) is 5.78 Å². The van der Waals surface area contributed by atoms with E-state index in [1.807, 2.05) is 0 Å². The Kier molecular flexibility index (Phi) is 13.4. The third-order valence-corrected chi connectivity index (χ3v) is 7.86. The van der Waals surface area contributed by atoms with Crippen molar-refractivity contribution in [3.05, 3.63) is 138 Å². The monoisotopic (exact) mass is 918 g/mol. The number of aromatic nitrogens is 4. The summed E-state index contributed by atoms with van der Waals surface area (Å²) >= 11 is 16.1. The third-order valence-electron chi connectivity index (χ3n) is 6.41. The Bertz CT molecular complexity index is 2370. The van der Waals surface area contributed by atoms with E-state index in [0.717, 1.165) is 16.6 Å². The minimum absolute atomic E-state index is 0.124. The van der Waals surface area contributed by atoms with Crippen molar-refractivity contribution in [3.8, 4) is 0 Å². The number of rotatable bonds is 6. The number of carbonyl (C=O) groups excluding carboxylic acids is 3. The molecule has 0 atom stereocenters. The molecule has 0 N–H and O–H groups in total. The van der Waals surface area contributed by atoms with Gasteiger partial charge in [-0.15, -0.1) is 0 Å². The van der Waals surface area contributed by atoms with Gasteiger partial charge in [0.1, 0.15) is 29.0 Å². The summed E-state index contributed by atoms with van der Waals surface area (Å²) in [5.41, 5.74) is 1.63. The molecule has 0 saturated carbocycles.